The summed E-state index contributed by atoms with van der Waals surface area (Å²) in [6, 6.07) is 21.9. The van der Waals surface area contributed by atoms with Gasteiger partial charge in [0.1, 0.15) is 30.5 Å². The van der Waals surface area contributed by atoms with Gasteiger partial charge in [0.2, 0.25) is 0 Å². The number of ether oxygens (including phenoxy) is 4. The van der Waals surface area contributed by atoms with Gasteiger partial charge in [0.15, 0.2) is 5.54 Å². The molecule has 1 aliphatic heterocycles. The molecular weight excluding hydrogens is 392 g/mol. The number of hydrogen-bond acceptors (Lipinski definition) is 6. The second kappa shape index (κ2) is 8.60. The van der Waals surface area contributed by atoms with Crippen LogP contribution in [0, 0.1) is 6.92 Å². The number of benzene rings is 3. The summed E-state index contributed by atoms with van der Waals surface area (Å²) in [4.78, 5) is 4.70. The maximum atomic E-state index is 6.06. The van der Waals surface area contributed by atoms with Crippen LogP contribution in [0.1, 0.15) is 22.3 Å². The fourth-order valence-corrected chi connectivity index (χ4v) is 3.80. The highest BCUT2D eigenvalue weighted by Crippen LogP contribution is 2.40. The Balaban J connectivity index is 1.65. The summed E-state index contributed by atoms with van der Waals surface area (Å²) in [5.41, 5.74) is 9.17. The number of nitrogens with two attached hydrogens (primary N) is 1. The van der Waals surface area contributed by atoms with Gasteiger partial charge in [-0.25, -0.2) is 4.99 Å². The molecule has 1 heterocycles. The minimum Gasteiger partial charge on any atom is -0.497 e. The molecule has 2 N–H and O–H groups in total. The lowest BCUT2D eigenvalue weighted by Crippen LogP contribution is -2.27. The summed E-state index contributed by atoms with van der Waals surface area (Å²) in [6.07, 6.45) is 0. The molecule has 3 aromatic rings. The van der Waals surface area contributed by atoms with E-state index in [0.717, 1.165) is 39.5 Å². The van der Waals surface area contributed by atoms with Crippen LogP contribution in [-0.2, 0) is 16.9 Å². The van der Waals surface area contributed by atoms with E-state index in [2.05, 4.69) is 6.07 Å². The van der Waals surface area contributed by atoms with E-state index in [1.54, 1.807) is 14.2 Å². The third-order valence-corrected chi connectivity index (χ3v) is 5.45. The zero-order valence-electron chi connectivity index (χ0n) is 17.9. The maximum absolute atomic E-state index is 6.06. The number of aliphatic imine (C=N–C) groups is 1. The predicted molar refractivity (Wildman–Crippen MR) is 120 cm³/mol. The Hall–Kier alpha value is -3.67. The lowest BCUT2D eigenvalue weighted by atomic mass is 9.83. The van der Waals surface area contributed by atoms with E-state index in [0.29, 0.717) is 13.2 Å². The van der Waals surface area contributed by atoms with Gasteiger partial charge in [-0.3, -0.25) is 0 Å². The van der Waals surface area contributed by atoms with Crippen molar-refractivity contribution in [3.63, 3.8) is 0 Å². The zero-order valence-corrected chi connectivity index (χ0v) is 17.9. The van der Waals surface area contributed by atoms with Crippen molar-refractivity contribution in [3.8, 4) is 17.2 Å². The molecule has 6 heteroatoms. The molecular formula is C25H26N2O4. The van der Waals surface area contributed by atoms with Gasteiger partial charge in [0.05, 0.1) is 14.2 Å². The van der Waals surface area contributed by atoms with Gasteiger partial charge in [-0.1, -0.05) is 30.3 Å². The Morgan fingerprint density at radius 3 is 2.42 bits per heavy atom. The first-order valence-corrected chi connectivity index (χ1v) is 10.0. The quantitative estimate of drug-likeness (QED) is 0.623. The Morgan fingerprint density at radius 1 is 0.935 bits per heavy atom. The molecule has 1 atom stereocenters. The molecule has 0 amide bonds. The summed E-state index contributed by atoms with van der Waals surface area (Å²) >= 11 is 0. The lowest BCUT2D eigenvalue weighted by Gasteiger charge is -2.26. The first-order chi connectivity index (χ1) is 15.0. The molecule has 1 unspecified atom stereocenters. The third kappa shape index (κ3) is 4.14. The molecule has 0 aromatic heterocycles. The number of rotatable bonds is 7. The highest BCUT2D eigenvalue weighted by molar-refractivity contribution is 5.75. The standard InChI is InChI=1S/C25H26N2O4/c1-17-12-20(10-11-23(17)29-3)25(16-31-24(26)27-25)19-7-5-9-22(14-19)30-15-18-6-4-8-21(13-18)28-2/h4-14H,15-16H2,1-3H3,(H2,26,27). The van der Waals surface area contributed by atoms with E-state index in [1.165, 1.54) is 0 Å². The highest BCUT2D eigenvalue weighted by Gasteiger charge is 2.40. The lowest BCUT2D eigenvalue weighted by molar-refractivity contribution is 0.276. The number of hydrogen-bond donors (Lipinski definition) is 1. The smallest absolute Gasteiger partial charge is 0.283 e. The van der Waals surface area contributed by atoms with Gasteiger partial charge in [-0.2, -0.15) is 0 Å². The van der Waals surface area contributed by atoms with Crippen molar-refractivity contribution in [2.45, 2.75) is 19.1 Å². The van der Waals surface area contributed by atoms with Crippen LogP contribution in [0.3, 0.4) is 0 Å². The van der Waals surface area contributed by atoms with Gasteiger partial charge >= 0.3 is 0 Å². The van der Waals surface area contributed by atoms with Gasteiger partial charge in [0.25, 0.3) is 6.02 Å². The first-order valence-electron chi connectivity index (χ1n) is 10.0. The van der Waals surface area contributed by atoms with E-state index < -0.39 is 5.54 Å². The van der Waals surface area contributed by atoms with Crippen LogP contribution in [0.2, 0.25) is 0 Å². The average Bonchev–Trinajstić information content (AvgIpc) is 3.21. The van der Waals surface area contributed by atoms with E-state index in [-0.39, 0.29) is 6.02 Å². The molecule has 1 aliphatic rings. The Labute approximate surface area is 182 Å². The Bertz CT molecular complexity index is 1110. The monoisotopic (exact) mass is 418 g/mol. The summed E-state index contributed by atoms with van der Waals surface area (Å²) < 4.78 is 22.4. The molecule has 31 heavy (non-hydrogen) atoms. The molecule has 0 bridgehead atoms. The molecule has 4 rings (SSSR count). The highest BCUT2D eigenvalue weighted by atomic mass is 16.5. The number of methoxy groups -OCH3 is 2. The van der Waals surface area contributed by atoms with E-state index in [1.807, 2.05) is 67.6 Å². The molecule has 0 fully saturated rings. The molecule has 3 aromatic carbocycles. The van der Waals surface area contributed by atoms with Gasteiger partial charge in [0, 0.05) is 0 Å². The van der Waals surface area contributed by atoms with Crippen LogP contribution >= 0.6 is 0 Å². The number of aryl methyl sites for hydroxylation is 1. The van der Waals surface area contributed by atoms with Gasteiger partial charge in [-0.05, 0) is 65.6 Å². The van der Waals surface area contributed by atoms with E-state index in [4.69, 9.17) is 29.7 Å². The second-order valence-electron chi connectivity index (χ2n) is 7.45. The zero-order chi connectivity index (χ0) is 21.8. The van der Waals surface area contributed by atoms with Crippen LogP contribution in [0.15, 0.2) is 71.7 Å². The van der Waals surface area contributed by atoms with Crippen molar-refractivity contribution < 1.29 is 18.9 Å². The molecule has 6 nitrogen and oxygen atoms in total. The Kier molecular flexibility index (Phi) is 5.71. The summed E-state index contributed by atoms with van der Waals surface area (Å²) in [7, 11) is 3.31. The largest absolute Gasteiger partial charge is 0.497 e. The van der Waals surface area contributed by atoms with Crippen LogP contribution in [0.5, 0.6) is 17.2 Å². The summed E-state index contributed by atoms with van der Waals surface area (Å²) in [5, 5.41) is 0. The third-order valence-electron chi connectivity index (χ3n) is 5.45. The van der Waals surface area contributed by atoms with Crippen LogP contribution < -0.4 is 19.9 Å². The summed E-state index contributed by atoms with van der Waals surface area (Å²) in [5.74, 6) is 2.37. The van der Waals surface area contributed by atoms with E-state index >= 15 is 0 Å². The second-order valence-corrected chi connectivity index (χ2v) is 7.45. The van der Waals surface area contributed by atoms with Crippen LogP contribution in [-0.4, -0.2) is 26.8 Å². The Morgan fingerprint density at radius 2 is 1.71 bits per heavy atom. The molecule has 0 saturated heterocycles. The number of amidine groups is 1. The number of nitrogens with zero attached hydrogens (tertiary/aromatic N) is 1. The fourth-order valence-electron chi connectivity index (χ4n) is 3.80. The average molecular weight is 418 g/mol. The van der Waals surface area contributed by atoms with Crippen molar-refractivity contribution in [2.75, 3.05) is 20.8 Å². The molecule has 0 aliphatic carbocycles. The predicted octanol–water partition coefficient (Wildman–Crippen LogP) is 4.18. The normalized spacial score (nSPS) is 17.6. The molecule has 0 spiro atoms. The van der Waals surface area contributed by atoms with Crippen molar-refractivity contribution in [1.29, 1.82) is 0 Å². The van der Waals surface area contributed by atoms with E-state index in [9.17, 15) is 0 Å². The fraction of sp³-hybridized carbons (Fsp3) is 0.240. The van der Waals surface area contributed by atoms with Crippen molar-refractivity contribution in [3.05, 3.63) is 89.0 Å². The topological polar surface area (TPSA) is 75.3 Å². The SMILES string of the molecule is COc1cccc(COc2cccc(C3(c4ccc(OC)c(C)c4)COC(N)=N3)c2)c1. The minimum atomic E-state index is -0.740. The minimum absolute atomic E-state index is 0.177. The van der Waals surface area contributed by atoms with Gasteiger partial charge in [-0.15, -0.1) is 0 Å². The molecule has 0 saturated carbocycles. The molecule has 0 radical (unpaired) electrons. The van der Waals surface area contributed by atoms with Crippen LogP contribution in [0.4, 0.5) is 0 Å². The molecule has 160 valence electrons. The van der Waals surface area contributed by atoms with Crippen molar-refractivity contribution >= 4 is 6.02 Å². The first kappa shape index (κ1) is 20.6. The summed E-state index contributed by atoms with van der Waals surface area (Å²) in [6.45, 7) is 2.76. The maximum Gasteiger partial charge on any atom is 0.283 e. The van der Waals surface area contributed by atoms with Gasteiger partial charge < -0.3 is 24.7 Å². The van der Waals surface area contributed by atoms with Crippen molar-refractivity contribution in [2.24, 2.45) is 10.7 Å². The van der Waals surface area contributed by atoms with Crippen LogP contribution in [0.25, 0.3) is 0 Å². The van der Waals surface area contributed by atoms with Crippen molar-refractivity contribution in [1.82, 2.24) is 0 Å².